The van der Waals surface area contributed by atoms with Crippen molar-refractivity contribution in [3.63, 3.8) is 0 Å². The van der Waals surface area contributed by atoms with E-state index >= 15 is 0 Å². The summed E-state index contributed by atoms with van der Waals surface area (Å²) >= 11 is 1.27. The summed E-state index contributed by atoms with van der Waals surface area (Å²) in [5, 5.41) is 4.96. The lowest BCUT2D eigenvalue weighted by molar-refractivity contribution is -0.117. The number of carbonyl (C=O) groups excluding carboxylic acids is 3. The van der Waals surface area contributed by atoms with E-state index in [0.717, 1.165) is 25.9 Å². The minimum atomic E-state index is -0.555. The molecule has 0 spiro atoms. The van der Waals surface area contributed by atoms with Gasteiger partial charge < -0.3 is 20.4 Å². The smallest absolute Gasteiger partial charge is 0.354 e. The number of hydrogen-bond donors (Lipinski definition) is 2. The van der Waals surface area contributed by atoms with Crippen molar-refractivity contribution >= 4 is 34.1 Å². The molecule has 3 N–H and O–H groups in total. The lowest BCUT2D eigenvalue weighted by atomic mass is 10.0. The number of ether oxygens (including phenoxy) is 1. The molecule has 2 aromatic rings. The van der Waals surface area contributed by atoms with E-state index in [-0.39, 0.29) is 24.5 Å². The molecule has 9 heteroatoms. The lowest BCUT2D eigenvalue weighted by Crippen LogP contribution is -2.40. The number of carbonyl (C=O) groups is 3. The van der Waals surface area contributed by atoms with Crippen LogP contribution < -0.4 is 11.1 Å². The van der Waals surface area contributed by atoms with Gasteiger partial charge in [0.05, 0.1) is 19.2 Å². The second-order valence-corrected chi connectivity index (χ2v) is 7.29. The summed E-state index contributed by atoms with van der Waals surface area (Å²) in [6, 6.07) is 5.39. The maximum atomic E-state index is 12.3. The quantitative estimate of drug-likeness (QED) is 0.731. The number of anilines is 1. The molecular formula is C18H22N4O4S. The number of nitrogens with one attached hydrogen (secondary N) is 1. The Morgan fingerprint density at radius 1 is 1.30 bits per heavy atom. The molecule has 1 fully saturated rings. The molecule has 1 aliphatic heterocycles. The molecule has 0 bridgehead atoms. The third-order valence-electron chi connectivity index (χ3n) is 4.67. The first kappa shape index (κ1) is 19.1. The van der Waals surface area contributed by atoms with Crippen molar-refractivity contribution in [1.82, 2.24) is 9.47 Å². The van der Waals surface area contributed by atoms with Crippen LogP contribution in [0.25, 0.3) is 0 Å². The predicted molar refractivity (Wildman–Crippen MR) is 102 cm³/mol. The van der Waals surface area contributed by atoms with Crippen LogP contribution in [0.1, 0.15) is 39.7 Å². The van der Waals surface area contributed by atoms with Gasteiger partial charge in [0.1, 0.15) is 10.7 Å². The highest BCUT2D eigenvalue weighted by Crippen LogP contribution is 2.26. The van der Waals surface area contributed by atoms with Gasteiger partial charge in [-0.3, -0.25) is 14.5 Å². The van der Waals surface area contributed by atoms with E-state index in [1.165, 1.54) is 18.4 Å². The first-order valence-corrected chi connectivity index (χ1v) is 9.52. The van der Waals surface area contributed by atoms with Gasteiger partial charge in [-0.2, -0.15) is 0 Å². The van der Waals surface area contributed by atoms with Gasteiger partial charge in [0.15, 0.2) is 0 Å². The molecule has 0 radical (unpaired) electrons. The molecule has 2 amide bonds. The van der Waals surface area contributed by atoms with Crippen molar-refractivity contribution in [3.05, 3.63) is 41.0 Å². The molecular weight excluding hydrogens is 368 g/mol. The molecule has 3 heterocycles. The van der Waals surface area contributed by atoms with Crippen LogP contribution in [0.3, 0.4) is 0 Å². The number of primary amides is 1. The van der Waals surface area contributed by atoms with Gasteiger partial charge >= 0.3 is 5.97 Å². The Morgan fingerprint density at radius 3 is 2.70 bits per heavy atom. The van der Waals surface area contributed by atoms with E-state index in [1.54, 1.807) is 17.5 Å². The molecule has 8 nitrogen and oxygen atoms in total. The Hall–Kier alpha value is -2.65. The van der Waals surface area contributed by atoms with Gasteiger partial charge in [-0.25, -0.2) is 4.79 Å². The zero-order chi connectivity index (χ0) is 19.4. The third-order valence-corrected chi connectivity index (χ3v) is 5.50. The topological polar surface area (TPSA) is 107 Å². The fraction of sp³-hybridized carbons (Fsp3) is 0.389. The molecule has 1 aliphatic rings. The van der Waals surface area contributed by atoms with Crippen molar-refractivity contribution < 1.29 is 19.1 Å². The zero-order valence-corrected chi connectivity index (χ0v) is 15.8. The Labute approximate surface area is 160 Å². The number of esters is 1. The summed E-state index contributed by atoms with van der Waals surface area (Å²) in [4.78, 5) is 37.5. The normalized spacial score (nSPS) is 15.4. The summed E-state index contributed by atoms with van der Waals surface area (Å²) in [5.41, 5.74) is 6.17. The van der Waals surface area contributed by atoms with Crippen molar-refractivity contribution in [3.8, 4) is 0 Å². The number of likely N-dealkylation sites (tertiary alicyclic amines) is 1. The second kappa shape index (κ2) is 8.36. The monoisotopic (exact) mass is 390 g/mol. The fourth-order valence-corrected chi connectivity index (χ4v) is 4.12. The van der Waals surface area contributed by atoms with Gasteiger partial charge in [-0.1, -0.05) is 0 Å². The van der Waals surface area contributed by atoms with Gasteiger partial charge in [-0.05, 0) is 36.4 Å². The van der Waals surface area contributed by atoms with E-state index in [0.29, 0.717) is 16.3 Å². The van der Waals surface area contributed by atoms with Crippen LogP contribution in [0.4, 0.5) is 5.00 Å². The highest BCUT2D eigenvalue weighted by atomic mass is 32.1. The van der Waals surface area contributed by atoms with E-state index in [4.69, 9.17) is 10.5 Å². The first-order valence-electron chi connectivity index (χ1n) is 8.64. The molecule has 27 heavy (non-hydrogen) atoms. The maximum absolute atomic E-state index is 12.3. The zero-order valence-electron chi connectivity index (χ0n) is 15.0. The number of hydrogen-bond acceptors (Lipinski definition) is 6. The number of thiophene rings is 1. The molecule has 0 unspecified atom stereocenters. The summed E-state index contributed by atoms with van der Waals surface area (Å²) < 4.78 is 6.77. The summed E-state index contributed by atoms with van der Waals surface area (Å²) in [7, 11) is 1.37. The SMILES string of the molecule is COC(=O)c1cccn1C1CCN(CC(=O)Nc2sccc2C(N)=O)CC1. The number of piperidine rings is 1. The van der Waals surface area contributed by atoms with Crippen molar-refractivity contribution in [2.24, 2.45) is 5.73 Å². The van der Waals surface area contributed by atoms with Crippen LogP contribution in [0.2, 0.25) is 0 Å². The number of rotatable bonds is 6. The molecule has 2 aromatic heterocycles. The third kappa shape index (κ3) is 4.37. The van der Waals surface area contributed by atoms with E-state index < -0.39 is 5.91 Å². The second-order valence-electron chi connectivity index (χ2n) is 6.38. The van der Waals surface area contributed by atoms with Crippen LogP contribution in [-0.4, -0.2) is 54.0 Å². The maximum Gasteiger partial charge on any atom is 0.354 e. The summed E-state index contributed by atoms with van der Waals surface area (Å²) in [6.07, 6.45) is 3.55. The molecule has 144 valence electrons. The van der Waals surface area contributed by atoms with E-state index in [1.807, 2.05) is 16.8 Å². The minimum Gasteiger partial charge on any atom is -0.464 e. The Morgan fingerprint density at radius 2 is 2.04 bits per heavy atom. The van der Waals surface area contributed by atoms with Gasteiger partial charge in [0.25, 0.3) is 5.91 Å². The van der Waals surface area contributed by atoms with Crippen LogP contribution in [0.15, 0.2) is 29.8 Å². The standard InChI is InChI=1S/C18H22N4O4S/c1-26-18(25)14-3-2-7-22(14)12-4-8-21(9-5-12)11-15(23)20-17-13(16(19)24)6-10-27-17/h2-3,6-7,10,12H,4-5,8-9,11H2,1H3,(H2,19,24)(H,20,23). The molecule has 0 aromatic carbocycles. The number of methoxy groups -OCH3 is 1. The molecule has 0 aliphatic carbocycles. The van der Waals surface area contributed by atoms with Crippen molar-refractivity contribution in [2.75, 3.05) is 32.1 Å². The van der Waals surface area contributed by atoms with E-state index in [9.17, 15) is 14.4 Å². The van der Waals surface area contributed by atoms with E-state index in [2.05, 4.69) is 10.2 Å². The highest BCUT2D eigenvalue weighted by Gasteiger charge is 2.25. The largest absolute Gasteiger partial charge is 0.464 e. The lowest BCUT2D eigenvalue weighted by Gasteiger charge is -2.32. The van der Waals surface area contributed by atoms with Crippen molar-refractivity contribution in [2.45, 2.75) is 18.9 Å². The van der Waals surface area contributed by atoms with Crippen LogP contribution in [0, 0.1) is 0 Å². The van der Waals surface area contributed by atoms with Gasteiger partial charge in [0.2, 0.25) is 5.91 Å². The fourth-order valence-electron chi connectivity index (χ4n) is 3.31. The molecule has 1 saturated heterocycles. The summed E-state index contributed by atoms with van der Waals surface area (Å²) in [5.74, 6) is -1.07. The Bertz CT molecular complexity index is 836. The number of nitrogens with zero attached hydrogens (tertiary/aromatic N) is 2. The van der Waals surface area contributed by atoms with Gasteiger partial charge in [-0.15, -0.1) is 11.3 Å². The first-order chi connectivity index (χ1) is 13.0. The van der Waals surface area contributed by atoms with Crippen LogP contribution in [-0.2, 0) is 9.53 Å². The van der Waals surface area contributed by atoms with Crippen LogP contribution in [0.5, 0.6) is 0 Å². The highest BCUT2D eigenvalue weighted by molar-refractivity contribution is 7.14. The average Bonchev–Trinajstić information content (AvgIpc) is 3.31. The van der Waals surface area contributed by atoms with Crippen molar-refractivity contribution in [1.29, 1.82) is 0 Å². The molecule has 3 rings (SSSR count). The number of amides is 2. The molecule has 0 atom stereocenters. The molecule has 0 saturated carbocycles. The number of aromatic nitrogens is 1. The predicted octanol–water partition coefficient (Wildman–Crippen LogP) is 1.71. The Kier molecular flexibility index (Phi) is 5.92. The Balaban J connectivity index is 1.53. The number of nitrogens with two attached hydrogens (primary N) is 1. The van der Waals surface area contributed by atoms with Gasteiger partial charge in [0, 0.05) is 25.3 Å². The summed E-state index contributed by atoms with van der Waals surface area (Å²) in [6.45, 7) is 1.73. The average molecular weight is 390 g/mol. The minimum absolute atomic E-state index is 0.172. The van der Waals surface area contributed by atoms with Crippen LogP contribution >= 0.6 is 11.3 Å².